The van der Waals surface area contributed by atoms with Crippen molar-refractivity contribution in [3.05, 3.63) is 40.0 Å². The molecule has 3 N–H and O–H groups in total. The summed E-state index contributed by atoms with van der Waals surface area (Å²) in [6.45, 7) is 4.52. The molecular weight excluding hydrogens is 310 g/mol. The Labute approximate surface area is 139 Å². The van der Waals surface area contributed by atoms with Crippen molar-refractivity contribution in [2.45, 2.75) is 32.4 Å². The van der Waals surface area contributed by atoms with Gasteiger partial charge in [0.15, 0.2) is 0 Å². The first kappa shape index (κ1) is 15.9. The van der Waals surface area contributed by atoms with E-state index in [-0.39, 0.29) is 5.91 Å². The monoisotopic (exact) mass is 331 g/mol. The summed E-state index contributed by atoms with van der Waals surface area (Å²) in [5.41, 5.74) is 1.63. The first-order valence-electron chi connectivity index (χ1n) is 7.89. The number of carbonyl (C=O) groups is 1. The SMILES string of the molecule is CCc1csc(CNC(=O)c2ccc(N[C@@H]3CCNC3)nc2)n1. The van der Waals surface area contributed by atoms with Gasteiger partial charge in [0.2, 0.25) is 0 Å². The number of carbonyl (C=O) groups excluding carboxylic acids is 1. The summed E-state index contributed by atoms with van der Waals surface area (Å²) in [6, 6.07) is 4.07. The van der Waals surface area contributed by atoms with Crippen LogP contribution in [-0.2, 0) is 13.0 Å². The third-order valence-electron chi connectivity index (χ3n) is 3.80. The van der Waals surface area contributed by atoms with Gasteiger partial charge in [-0.05, 0) is 31.5 Å². The number of pyridine rings is 1. The molecule has 1 atom stereocenters. The van der Waals surface area contributed by atoms with Crippen LogP contribution in [0, 0.1) is 0 Å². The summed E-state index contributed by atoms with van der Waals surface area (Å²) in [4.78, 5) is 20.9. The number of amides is 1. The lowest BCUT2D eigenvalue weighted by molar-refractivity contribution is 0.0950. The van der Waals surface area contributed by atoms with Gasteiger partial charge in [-0.15, -0.1) is 11.3 Å². The van der Waals surface area contributed by atoms with Gasteiger partial charge in [0.1, 0.15) is 10.8 Å². The highest BCUT2D eigenvalue weighted by Crippen LogP contribution is 2.12. The molecule has 0 radical (unpaired) electrons. The topological polar surface area (TPSA) is 78.9 Å². The van der Waals surface area contributed by atoms with Gasteiger partial charge in [0.25, 0.3) is 5.91 Å². The number of rotatable bonds is 6. The van der Waals surface area contributed by atoms with Crippen LogP contribution in [0.3, 0.4) is 0 Å². The molecule has 6 nitrogen and oxygen atoms in total. The van der Waals surface area contributed by atoms with Crippen molar-refractivity contribution in [2.75, 3.05) is 18.4 Å². The zero-order valence-electron chi connectivity index (χ0n) is 13.1. The summed E-state index contributed by atoms with van der Waals surface area (Å²) in [5, 5.41) is 12.5. The number of aromatic nitrogens is 2. The van der Waals surface area contributed by atoms with Crippen molar-refractivity contribution in [2.24, 2.45) is 0 Å². The van der Waals surface area contributed by atoms with E-state index in [1.165, 1.54) is 0 Å². The molecule has 7 heteroatoms. The molecule has 1 fully saturated rings. The summed E-state index contributed by atoms with van der Waals surface area (Å²) < 4.78 is 0. The van der Waals surface area contributed by atoms with E-state index in [9.17, 15) is 4.79 Å². The molecule has 122 valence electrons. The van der Waals surface area contributed by atoms with E-state index in [4.69, 9.17) is 0 Å². The van der Waals surface area contributed by atoms with Gasteiger partial charge in [-0.1, -0.05) is 6.92 Å². The lowest BCUT2D eigenvalue weighted by Gasteiger charge is -2.12. The largest absolute Gasteiger partial charge is 0.366 e. The summed E-state index contributed by atoms with van der Waals surface area (Å²) >= 11 is 1.57. The number of anilines is 1. The average molecular weight is 331 g/mol. The summed E-state index contributed by atoms with van der Waals surface area (Å²) in [7, 11) is 0. The molecule has 3 rings (SSSR count). The molecular formula is C16H21N5OS. The second-order valence-electron chi connectivity index (χ2n) is 5.53. The van der Waals surface area contributed by atoms with Crippen molar-refractivity contribution >= 4 is 23.1 Å². The van der Waals surface area contributed by atoms with Crippen molar-refractivity contribution in [1.82, 2.24) is 20.6 Å². The van der Waals surface area contributed by atoms with Crippen LogP contribution in [0.5, 0.6) is 0 Å². The number of aryl methyl sites for hydroxylation is 1. The van der Waals surface area contributed by atoms with Crippen molar-refractivity contribution in [1.29, 1.82) is 0 Å². The van der Waals surface area contributed by atoms with Crippen molar-refractivity contribution < 1.29 is 4.79 Å². The maximum absolute atomic E-state index is 12.1. The van der Waals surface area contributed by atoms with Gasteiger partial charge in [0, 0.05) is 24.2 Å². The highest BCUT2D eigenvalue weighted by molar-refractivity contribution is 7.09. The molecule has 2 aromatic rings. The van der Waals surface area contributed by atoms with Crippen LogP contribution in [-0.4, -0.2) is 35.0 Å². The predicted molar refractivity (Wildman–Crippen MR) is 91.8 cm³/mol. The van der Waals surface area contributed by atoms with Crippen LogP contribution >= 0.6 is 11.3 Å². The van der Waals surface area contributed by atoms with Gasteiger partial charge in [-0.25, -0.2) is 9.97 Å². The Balaban J connectivity index is 1.52. The minimum absolute atomic E-state index is 0.125. The van der Waals surface area contributed by atoms with E-state index in [0.717, 1.165) is 42.5 Å². The molecule has 0 aromatic carbocycles. The Kier molecular flexibility index (Phi) is 5.19. The molecule has 1 aliphatic heterocycles. The van der Waals surface area contributed by atoms with Crippen LogP contribution in [0.1, 0.15) is 34.4 Å². The number of hydrogen-bond acceptors (Lipinski definition) is 6. The Morgan fingerprint density at radius 2 is 2.39 bits per heavy atom. The normalized spacial score (nSPS) is 17.2. The molecule has 23 heavy (non-hydrogen) atoms. The second kappa shape index (κ2) is 7.52. The molecule has 1 amide bonds. The standard InChI is InChI=1S/C16H21N5OS/c1-2-12-10-23-15(21-12)9-19-16(22)11-3-4-14(18-7-11)20-13-5-6-17-8-13/h3-4,7,10,13,17H,2,5-6,8-9H2,1H3,(H,18,20)(H,19,22)/t13-/m1/s1. The number of nitrogens with zero attached hydrogens (tertiary/aromatic N) is 2. The Morgan fingerprint density at radius 3 is 3.04 bits per heavy atom. The third-order valence-corrected chi connectivity index (χ3v) is 4.70. The van der Waals surface area contributed by atoms with Crippen LogP contribution in [0.25, 0.3) is 0 Å². The minimum Gasteiger partial charge on any atom is -0.366 e. The van der Waals surface area contributed by atoms with Gasteiger partial charge < -0.3 is 16.0 Å². The van der Waals surface area contributed by atoms with Gasteiger partial charge in [0.05, 0.1) is 17.8 Å². The van der Waals surface area contributed by atoms with E-state index in [1.54, 1.807) is 23.6 Å². The zero-order chi connectivity index (χ0) is 16.1. The lowest BCUT2D eigenvalue weighted by Crippen LogP contribution is -2.24. The van der Waals surface area contributed by atoms with Crippen LogP contribution in [0.4, 0.5) is 5.82 Å². The van der Waals surface area contributed by atoms with Crippen molar-refractivity contribution in [3.63, 3.8) is 0 Å². The fourth-order valence-corrected chi connectivity index (χ4v) is 3.27. The molecule has 2 aromatic heterocycles. The average Bonchev–Trinajstić information content (AvgIpc) is 3.24. The molecule has 3 heterocycles. The Hall–Kier alpha value is -1.99. The summed E-state index contributed by atoms with van der Waals surface area (Å²) in [6.07, 6.45) is 3.62. The lowest BCUT2D eigenvalue weighted by atomic mass is 10.2. The van der Waals surface area contributed by atoms with Crippen LogP contribution < -0.4 is 16.0 Å². The van der Waals surface area contributed by atoms with E-state index >= 15 is 0 Å². The molecule has 1 aliphatic rings. The first-order chi connectivity index (χ1) is 11.2. The maximum Gasteiger partial charge on any atom is 0.253 e. The van der Waals surface area contributed by atoms with E-state index in [1.807, 2.05) is 11.4 Å². The van der Waals surface area contributed by atoms with Crippen LogP contribution in [0.2, 0.25) is 0 Å². The fourth-order valence-electron chi connectivity index (χ4n) is 2.45. The molecule has 0 saturated carbocycles. The highest BCUT2D eigenvalue weighted by atomic mass is 32.1. The second-order valence-corrected chi connectivity index (χ2v) is 6.48. The first-order valence-corrected chi connectivity index (χ1v) is 8.77. The van der Waals surface area contributed by atoms with Gasteiger partial charge in [-0.2, -0.15) is 0 Å². The van der Waals surface area contributed by atoms with Gasteiger partial charge in [-0.3, -0.25) is 4.79 Å². The highest BCUT2D eigenvalue weighted by Gasteiger charge is 2.14. The summed E-state index contributed by atoms with van der Waals surface area (Å²) in [5.74, 6) is 0.683. The van der Waals surface area contributed by atoms with Crippen molar-refractivity contribution in [3.8, 4) is 0 Å². The van der Waals surface area contributed by atoms with Crippen LogP contribution in [0.15, 0.2) is 23.7 Å². The Bertz CT molecular complexity index is 649. The molecule has 1 saturated heterocycles. The molecule has 0 spiro atoms. The van der Waals surface area contributed by atoms with Gasteiger partial charge >= 0.3 is 0 Å². The quantitative estimate of drug-likeness (QED) is 0.752. The maximum atomic E-state index is 12.1. The molecule has 0 aliphatic carbocycles. The number of nitrogens with one attached hydrogen (secondary N) is 3. The fraction of sp³-hybridized carbons (Fsp3) is 0.438. The van der Waals surface area contributed by atoms with E-state index in [0.29, 0.717) is 18.2 Å². The zero-order valence-corrected chi connectivity index (χ0v) is 13.9. The third kappa shape index (κ3) is 4.27. The van der Waals surface area contributed by atoms with E-state index < -0.39 is 0 Å². The smallest absolute Gasteiger partial charge is 0.253 e. The van der Waals surface area contributed by atoms with E-state index in [2.05, 4.69) is 32.8 Å². The predicted octanol–water partition coefficient (Wildman–Crippen LogP) is 1.80. The number of thiazole rings is 1. The molecule has 0 unspecified atom stereocenters. The minimum atomic E-state index is -0.125. The molecule has 0 bridgehead atoms. The number of hydrogen-bond donors (Lipinski definition) is 3. The Morgan fingerprint density at radius 1 is 1.48 bits per heavy atom.